The number of hydrogen-bond donors (Lipinski definition) is 0. The highest BCUT2D eigenvalue weighted by atomic mass is 19.2. The van der Waals surface area contributed by atoms with E-state index in [-0.39, 0.29) is 5.75 Å². The van der Waals surface area contributed by atoms with Crippen LogP contribution in [0.2, 0.25) is 0 Å². The molecule has 2 rings (SSSR count). The molecule has 4 heteroatoms. The minimum atomic E-state index is -1.66. The summed E-state index contributed by atoms with van der Waals surface area (Å²) in [6.45, 7) is 0. The first-order chi connectivity index (χ1) is 7.11. The number of para-hydroxylation sites is 1. The van der Waals surface area contributed by atoms with Crippen LogP contribution in [0.1, 0.15) is 5.56 Å². The monoisotopic (exact) mass is 212 g/mol. The molecule has 1 aliphatic heterocycles. The summed E-state index contributed by atoms with van der Waals surface area (Å²) in [5, 5.41) is 0. The van der Waals surface area contributed by atoms with Crippen LogP contribution >= 0.6 is 0 Å². The van der Waals surface area contributed by atoms with Gasteiger partial charge in [0, 0.05) is 5.56 Å². The molecule has 1 aromatic rings. The molecule has 0 spiro atoms. The second kappa shape index (κ2) is 3.77. The van der Waals surface area contributed by atoms with Gasteiger partial charge in [-0.05, 0) is 20.2 Å². The molecule has 0 N–H and O–H groups in total. The molecule has 1 heterocycles. The lowest BCUT2D eigenvalue weighted by atomic mass is 9.99. The number of fused-ring (bicyclic) bond motifs is 1. The Morgan fingerprint density at radius 1 is 1.27 bits per heavy atom. The van der Waals surface area contributed by atoms with Gasteiger partial charge in [-0.25, -0.2) is 4.39 Å². The number of nitrogens with zero attached hydrogens (tertiary/aromatic N) is 1. The topological polar surface area (TPSA) is 12.5 Å². The molecule has 0 saturated heterocycles. The quantitative estimate of drug-likeness (QED) is 0.707. The van der Waals surface area contributed by atoms with E-state index >= 15 is 0 Å². The van der Waals surface area contributed by atoms with Crippen LogP contribution < -0.4 is 4.74 Å². The van der Waals surface area contributed by atoms with E-state index < -0.39 is 18.6 Å². The van der Waals surface area contributed by atoms with Gasteiger partial charge < -0.3 is 4.74 Å². The molecule has 0 saturated carbocycles. The van der Waals surface area contributed by atoms with Crippen molar-refractivity contribution in [1.82, 2.24) is 4.90 Å². The number of ether oxygens (including phenoxy) is 1. The van der Waals surface area contributed by atoms with Crippen molar-refractivity contribution in [3.63, 3.8) is 0 Å². The van der Waals surface area contributed by atoms with E-state index in [0.717, 1.165) is 0 Å². The molecule has 0 amide bonds. The first-order valence-electron chi connectivity index (χ1n) is 4.70. The normalized spacial score (nSPS) is 26.2. The fourth-order valence-electron chi connectivity index (χ4n) is 1.69. The summed E-state index contributed by atoms with van der Waals surface area (Å²) >= 11 is 0. The van der Waals surface area contributed by atoms with Crippen molar-refractivity contribution in [2.75, 3.05) is 14.1 Å². The lowest BCUT2D eigenvalue weighted by molar-refractivity contribution is -0.0212. The maximum Gasteiger partial charge on any atom is 0.257 e. The van der Waals surface area contributed by atoms with Crippen LogP contribution in [0, 0.1) is 6.17 Å². The van der Waals surface area contributed by atoms with Gasteiger partial charge in [0.1, 0.15) is 11.8 Å². The average Bonchev–Trinajstić information content (AvgIpc) is 2.17. The van der Waals surface area contributed by atoms with Crippen molar-refractivity contribution < 1.29 is 13.5 Å². The van der Waals surface area contributed by atoms with E-state index in [1.54, 1.807) is 38.4 Å². The highest BCUT2D eigenvalue weighted by molar-refractivity contribution is 5.45. The molecule has 0 bridgehead atoms. The van der Waals surface area contributed by atoms with Crippen molar-refractivity contribution in [2.24, 2.45) is 0 Å². The lowest BCUT2D eigenvalue weighted by Crippen LogP contribution is -2.46. The fourth-order valence-corrected chi connectivity index (χ4v) is 1.69. The van der Waals surface area contributed by atoms with E-state index in [1.807, 2.05) is 0 Å². The van der Waals surface area contributed by atoms with E-state index in [4.69, 9.17) is 4.74 Å². The molecular formula is C11H12F2NO. The summed E-state index contributed by atoms with van der Waals surface area (Å²) in [4.78, 5) is 1.47. The summed E-state index contributed by atoms with van der Waals surface area (Å²) in [6.07, 6.45) is -2.13. The molecule has 1 radical (unpaired) electrons. The summed E-state index contributed by atoms with van der Waals surface area (Å²) < 4.78 is 32.4. The van der Waals surface area contributed by atoms with Crippen LogP contribution in [0.4, 0.5) is 8.78 Å². The maximum atomic E-state index is 13.9. The van der Waals surface area contributed by atoms with Gasteiger partial charge in [-0.3, -0.25) is 4.90 Å². The Labute approximate surface area is 87.5 Å². The molecule has 0 fully saturated rings. The smallest absolute Gasteiger partial charge is 0.257 e. The average molecular weight is 212 g/mol. The van der Waals surface area contributed by atoms with Gasteiger partial charge in [0.15, 0.2) is 0 Å². The van der Waals surface area contributed by atoms with Gasteiger partial charge >= 0.3 is 0 Å². The second-order valence-corrected chi connectivity index (χ2v) is 3.72. The third-order valence-corrected chi connectivity index (χ3v) is 2.45. The van der Waals surface area contributed by atoms with Crippen molar-refractivity contribution in [3.8, 4) is 5.75 Å². The van der Waals surface area contributed by atoms with Gasteiger partial charge in [-0.1, -0.05) is 18.2 Å². The standard InChI is InChI=1S/C11H12F2NO/c1-14(2)10-9(12)7-5-3-4-6-8(7)15-11(10)13/h3-6,10-11H,1-2H3. The number of likely N-dealkylation sites (N-methyl/N-ethyl adjacent to an activating group) is 1. The molecule has 2 atom stereocenters. The van der Waals surface area contributed by atoms with E-state index in [9.17, 15) is 8.78 Å². The van der Waals surface area contributed by atoms with Crippen molar-refractivity contribution >= 4 is 0 Å². The Balaban J connectivity index is 2.38. The molecule has 15 heavy (non-hydrogen) atoms. The largest absolute Gasteiger partial charge is 0.458 e. The predicted octanol–water partition coefficient (Wildman–Crippen LogP) is 2.15. The first-order valence-corrected chi connectivity index (χ1v) is 4.70. The molecule has 0 aliphatic carbocycles. The third-order valence-electron chi connectivity index (χ3n) is 2.45. The Morgan fingerprint density at radius 3 is 2.60 bits per heavy atom. The zero-order valence-corrected chi connectivity index (χ0v) is 8.58. The first kappa shape index (κ1) is 10.4. The van der Waals surface area contributed by atoms with Gasteiger partial charge in [0.05, 0.1) is 0 Å². The lowest BCUT2D eigenvalue weighted by Gasteiger charge is -2.34. The molecule has 2 nitrogen and oxygen atoms in total. The van der Waals surface area contributed by atoms with Crippen molar-refractivity contribution in [1.29, 1.82) is 0 Å². The molecular weight excluding hydrogens is 200 g/mol. The SMILES string of the molecule is CN(C)C1[C](F)c2ccccc2OC1F. The Morgan fingerprint density at radius 2 is 1.93 bits per heavy atom. The van der Waals surface area contributed by atoms with Crippen LogP contribution in [0.3, 0.4) is 0 Å². The Hall–Kier alpha value is -1.16. The van der Waals surface area contributed by atoms with Gasteiger partial charge in [0.2, 0.25) is 6.17 Å². The second-order valence-electron chi connectivity index (χ2n) is 3.72. The van der Waals surface area contributed by atoms with Crippen LogP contribution in [0.5, 0.6) is 5.75 Å². The number of hydrogen-bond acceptors (Lipinski definition) is 2. The molecule has 1 aliphatic rings. The van der Waals surface area contributed by atoms with Gasteiger partial charge in [0.25, 0.3) is 6.36 Å². The number of alkyl halides is 1. The number of benzene rings is 1. The summed E-state index contributed by atoms with van der Waals surface area (Å²) in [5.41, 5.74) is 0.338. The number of rotatable bonds is 1. The fraction of sp³-hybridized carbons (Fsp3) is 0.364. The van der Waals surface area contributed by atoms with E-state index in [1.165, 1.54) is 4.90 Å². The van der Waals surface area contributed by atoms with E-state index in [0.29, 0.717) is 5.56 Å². The predicted molar refractivity (Wildman–Crippen MR) is 52.9 cm³/mol. The Bertz CT molecular complexity index is 356. The molecule has 0 aromatic heterocycles. The number of halogens is 2. The third kappa shape index (κ3) is 1.69. The van der Waals surface area contributed by atoms with E-state index in [2.05, 4.69) is 0 Å². The zero-order valence-electron chi connectivity index (χ0n) is 8.58. The highest BCUT2D eigenvalue weighted by Crippen LogP contribution is 2.38. The molecule has 1 aromatic carbocycles. The summed E-state index contributed by atoms with van der Waals surface area (Å²) in [7, 11) is 3.24. The maximum absolute atomic E-state index is 13.9. The van der Waals surface area contributed by atoms with Crippen LogP contribution in [-0.4, -0.2) is 31.4 Å². The zero-order chi connectivity index (χ0) is 11.0. The van der Waals surface area contributed by atoms with Crippen LogP contribution in [0.25, 0.3) is 0 Å². The Kier molecular flexibility index (Phi) is 2.61. The van der Waals surface area contributed by atoms with Crippen molar-refractivity contribution in [3.05, 3.63) is 36.0 Å². The van der Waals surface area contributed by atoms with Crippen LogP contribution in [0.15, 0.2) is 24.3 Å². The minimum Gasteiger partial charge on any atom is -0.458 e. The molecule has 81 valence electrons. The van der Waals surface area contributed by atoms with Crippen LogP contribution in [-0.2, 0) is 0 Å². The van der Waals surface area contributed by atoms with Crippen molar-refractivity contribution in [2.45, 2.75) is 12.4 Å². The van der Waals surface area contributed by atoms with Gasteiger partial charge in [-0.15, -0.1) is 0 Å². The molecule has 2 unspecified atom stereocenters. The minimum absolute atomic E-state index is 0.264. The summed E-state index contributed by atoms with van der Waals surface area (Å²) in [5.74, 6) is 0.264. The summed E-state index contributed by atoms with van der Waals surface area (Å²) in [6, 6.07) is 5.59. The highest BCUT2D eigenvalue weighted by Gasteiger charge is 2.41. The van der Waals surface area contributed by atoms with Gasteiger partial charge in [-0.2, -0.15) is 4.39 Å².